The number of hydrogen-bond acceptors (Lipinski definition) is 4. The molecule has 1 aliphatic carbocycles. The first-order chi connectivity index (χ1) is 9.24. The van der Waals surface area contributed by atoms with Gasteiger partial charge in [0.05, 0.1) is 25.3 Å². The second-order valence-electron chi connectivity index (χ2n) is 5.39. The highest BCUT2D eigenvalue weighted by atomic mass is 16.5. The van der Waals surface area contributed by atoms with E-state index in [-0.39, 0.29) is 6.10 Å². The van der Waals surface area contributed by atoms with Crippen molar-refractivity contribution in [2.24, 2.45) is 4.99 Å². The maximum atomic E-state index is 9.69. The number of nitrogens with zero attached hydrogens (tertiary/aromatic N) is 1. The summed E-state index contributed by atoms with van der Waals surface area (Å²) in [6.45, 7) is 0. The third-order valence-electron chi connectivity index (χ3n) is 3.99. The lowest BCUT2D eigenvalue weighted by molar-refractivity contribution is 0.112. The van der Waals surface area contributed by atoms with Crippen molar-refractivity contribution in [3.63, 3.8) is 0 Å². The number of aliphatic hydroxyl groups is 1. The predicted octanol–water partition coefficient (Wildman–Crippen LogP) is 1.52. The zero-order chi connectivity index (χ0) is 13.2. The Hall–Kier alpha value is -1.55. The van der Waals surface area contributed by atoms with Crippen molar-refractivity contribution in [2.75, 3.05) is 7.11 Å². The van der Waals surface area contributed by atoms with Crippen LogP contribution in [0.3, 0.4) is 0 Å². The molecule has 1 fully saturated rings. The van der Waals surface area contributed by atoms with E-state index >= 15 is 0 Å². The molecule has 1 saturated carbocycles. The highest BCUT2D eigenvalue weighted by Crippen LogP contribution is 2.26. The molecule has 0 saturated heterocycles. The lowest BCUT2D eigenvalue weighted by atomic mass is 9.90. The van der Waals surface area contributed by atoms with E-state index in [0.29, 0.717) is 12.1 Å². The molecule has 1 aromatic carbocycles. The minimum Gasteiger partial charge on any atom is -0.497 e. The van der Waals surface area contributed by atoms with Crippen molar-refractivity contribution in [1.82, 2.24) is 5.32 Å². The van der Waals surface area contributed by atoms with E-state index in [1.807, 2.05) is 12.1 Å². The molecule has 1 aliphatic heterocycles. The van der Waals surface area contributed by atoms with Crippen LogP contribution in [0.2, 0.25) is 0 Å². The van der Waals surface area contributed by atoms with E-state index in [0.717, 1.165) is 37.3 Å². The average molecular weight is 260 g/mol. The number of aliphatic hydroxyl groups excluding tert-OH is 1. The van der Waals surface area contributed by atoms with Crippen LogP contribution in [0.4, 0.5) is 0 Å². The summed E-state index contributed by atoms with van der Waals surface area (Å²) >= 11 is 0. The van der Waals surface area contributed by atoms with Gasteiger partial charge < -0.3 is 15.2 Å². The monoisotopic (exact) mass is 260 g/mol. The molecule has 0 spiro atoms. The number of nitrogens with one attached hydrogen (secondary N) is 1. The Morgan fingerprint density at radius 2 is 2.11 bits per heavy atom. The zero-order valence-electron chi connectivity index (χ0n) is 11.2. The molecule has 4 heteroatoms. The molecule has 2 N–H and O–H groups in total. The highest BCUT2D eigenvalue weighted by Gasteiger charge is 2.34. The molecule has 0 amide bonds. The van der Waals surface area contributed by atoms with Gasteiger partial charge in [-0.15, -0.1) is 0 Å². The van der Waals surface area contributed by atoms with E-state index in [9.17, 15) is 5.11 Å². The SMILES string of the molecule is COc1ccc(CC2=NC3CCC(O)CC3N2)cc1. The van der Waals surface area contributed by atoms with Gasteiger partial charge in [0.2, 0.25) is 0 Å². The summed E-state index contributed by atoms with van der Waals surface area (Å²) in [6, 6.07) is 8.77. The van der Waals surface area contributed by atoms with Crippen LogP contribution in [0.25, 0.3) is 0 Å². The Morgan fingerprint density at radius 1 is 1.32 bits per heavy atom. The van der Waals surface area contributed by atoms with Gasteiger partial charge in [-0.05, 0) is 37.0 Å². The predicted molar refractivity (Wildman–Crippen MR) is 74.7 cm³/mol. The molecule has 0 bridgehead atoms. The number of fused-ring (bicyclic) bond motifs is 1. The molecule has 102 valence electrons. The Bertz CT molecular complexity index is 470. The number of rotatable bonds is 3. The Labute approximate surface area is 113 Å². The largest absolute Gasteiger partial charge is 0.497 e. The second kappa shape index (κ2) is 5.21. The number of aliphatic imine (C=N–C) groups is 1. The van der Waals surface area contributed by atoms with Gasteiger partial charge in [0, 0.05) is 6.42 Å². The van der Waals surface area contributed by atoms with Crippen molar-refractivity contribution < 1.29 is 9.84 Å². The summed E-state index contributed by atoms with van der Waals surface area (Å²) in [6.07, 6.45) is 3.35. The Morgan fingerprint density at radius 3 is 2.84 bits per heavy atom. The van der Waals surface area contributed by atoms with E-state index in [1.54, 1.807) is 7.11 Å². The molecule has 2 aliphatic rings. The van der Waals surface area contributed by atoms with Gasteiger partial charge in [-0.2, -0.15) is 0 Å². The topological polar surface area (TPSA) is 53.9 Å². The number of ether oxygens (including phenoxy) is 1. The lowest BCUT2D eigenvalue weighted by Gasteiger charge is -2.27. The van der Waals surface area contributed by atoms with Crippen LogP contribution < -0.4 is 10.1 Å². The van der Waals surface area contributed by atoms with Gasteiger partial charge in [0.1, 0.15) is 11.6 Å². The van der Waals surface area contributed by atoms with Crippen LogP contribution in [0.1, 0.15) is 24.8 Å². The van der Waals surface area contributed by atoms with Crippen LogP contribution in [0, 0.1) is 0 Å². The van der Waals surface area contributed by atoms with Gasteiger partial charge >= 0.3 is 0 Å². The Kier molecular flexibility index (Phi) is 3.42. The molecule has 3 unspecified atom stereocenters. The normalized spacial score (nSPS) is 29.4. The van der Waals surface area contributed by atoms with Crippen molar-refractivity contribution in [1.29, 1.82) is 0 Å². The standard InChI is InChI=1S/C15H20N2O2/c1-19-12-5-2-10(3-6-12)8-15-16-13-7-4-11(18)9-14(13)17-15/h2-3,5-6,11,13-14,18H,4,7-9H2,1H3,(H,16,17). The zero-order valence-corrected chi connectivity index (χ0v) is 11.2. The van der Waals surface area contributed by atoms with E-state index < -0.39 is 0 Å². The van der Waals surface area contributed by atoms with Gasteiger partial charge in [-0.1, -0.05) is 12.1 Å². The Balaban J connectivity index is 1.64. The minimum atomic E-state index is -0.163. The van der Waals surface area contributed by atoms with Gasteiger partial charge in [0.25, 0.3) is 0 Å². The van der Waals surface area contributed by atoms with Crippen LogP contribution in [0.15, 0.2) is 29.3 Å². The first-order valence-electron chi connectivity index (χ1n) is 6.89. The first-order valence-corrected chi connectivity index (χ1v) is 6.89. The molecule has 1 heterocycles. The fourth-order valence-corrected chi connectivity index (χ4v) is 2.93. The molecule has 4 nitrogen and oxygen atoms in total. The van der Waals surface area contributed by atoms with Gasteiger partial charge in [-0.3, -0.25) is 4.99 Å². The first kappa shape index (κ1) is 12.5. The van der Waals surface area contributed by atoms with Gasteiger partial charge in [0.15, 0.2) is 0 Å². The van der Waals surface area contributed by atoms with Crippen molar-refractivity contribution in [2.45, 2.75) is 43.9 Å². The molecule has 19 heavy (non-hydrogen) atoms. The molecular weight excluding hydrogens is 240 g/mol. The van der Waals surface area contributed by atoms with Crippen molar-refractivity contribution in [3.05, 3.63) is 29.8 Å². The molecule has 0 aromatic heterocycles. The lowest BCUT2D eigenvalue weighted by Crippen LogP contribution is -2.41. The molecule has 3 atom stereocenters. The number of benzene rings is 1. The molecule has 1 aromatic rings. The third kappa shape index (κ3) is 2.73. The van der Waals surface area contributed by atoms with Crippen molar-refractivity contribution in [3.8, 4) is 5.75 Å². The average Bonchev–Trinajstić information content (AvgIpc) is 2.81. The maximum Gasteiger partial charge on any atom is 0.118 e. The summed E-state index contributed by atoms with van der Waals surface area (Å²) in [5.41, 5.74) is 1.23. The van der Waals surface area contributed by atoms with E-state index in [2.05, 4.69) is 17.4 Å². The molecular formula is C15H20N2O2. The van der Waals surface area contributed by atoms with Crippen LogP contribution >= 0.6 is 0 Å². The highest BCUT2D eigenvalue weighted by molar-refractivity contribution is 5.86. The van der Waals surface area contributed by atoms with Crippen LogP contribution in [0.5, 0.6) is 5.75 Å². The van der Waals surface area contributed by atoms with Gasteiger partial charge in [-0.25, -0.2) is 0 Å². The number of methoxy groups -OCH3 is 1. The summed E-state index contributed by atoms with van der Waals surface area (Å²) in [5.74, 6) is 1.93. The number of hydrogen-bond donors (Lipinski definition) is 2. The van der Waals surface area contributed by atoms with E-state index in [1.165, 1.54) is 5.56 Å². The van der Waals surface area contributed by atoms with Crippen LogP contribution in [-0.4, -0.2) is 36.2 Å². The number of amidine groups is 1. The molecule has 0 radical (unpaired) electrons. The van der Waals surface area contributed by atoms with E-state index in [4.69, 9.17) is 9.73 Å². The quantitative estimate of drug-likeness (QED) is 0.866. The van der Waals surface area contributed by atoms with Crippen molar-refractivity contribution >= 4 is 5.84 Å². The third-order valence-corrected chi connectivity index (χ3v) is 3.99. The second-order valence-corrected chi connectivity index (χ2v) is 5.39. The fourth-order valence-electron chi connectivity index (χ4n) is 2.93. The smallest absolute Gasteiger partial charge is 0.118 e. The maximum absolute atomic E-state index is 9.69. The summed E-state index contributed by atoms with van der Waals surface area (Å²) in [4.78, 5) is 4.75. The summed E-state index contributed by atoms with van der Waals surface area (Å²) in [7, 11) is 1.67. The van der Waals surface area contributed by atoms with Crippen LogP contribution in [-0.2, 0) is 6.42 Å². The minimum absolute atomic E-state index is 0.163. The molecule has 3 rings (SSSR count). The summed E-state index contributed by atoms with van der Waals surface area (Å²) < 4.78 is 5.15. The fraction of sp³-hybridized carbons (Fsp3) is 0.533. The summed E-state index contributed by atoms with van der Waals surface area (Å²) in [5, 5.41) is 13.1.